The Labute approximate surface area is 219 Å². The molecule has 0 radical (unpaired) electrons. The first-order valence-corrected chi connectivity index (χ1v) is 12.7. The molecule has 2 aromatic rings. The fourth-order valence-electron chi connectivity index (χ4n) is 5.07. The molecule has 2 aromatic carbocycles. The van der Waals surface area contributed by atoms with Crippen LogP contribution >= 0.6 is 15.9 Å². The number of Topliss-reactive ketones (excluding diaryl/α,β-unsaturated/α-hetero) is 1. The highest BCUT2D eigenvalue weighted by atomic mass is 79.9. The number of aromatic hydroxyl groups is 1. The molecule has 2 aliphatic rings. The Kier molecular flexibility index (Phi) is 7.54. The quantitative estimate of drug-likeness (QED) is 0.459. The number of phenolic OH excluding ortho intramolecular Hbond substituents is 1. The van der Waals surface area contributed by atoms with E-state index in [4.69, 9.17) is 19.2 Å². The van der Waals surface area contributed by atoms with E-state index < -0.39 is 17.8 Å². The summed E-state index contributed by atoms with van der Waals surface area (Å²) in [6, 6.07) is 11.1. The molecule has 0 spiro atoms. The molecule has 1 heterocycles. The third kappa shape index (κ3) is 4.91. The van der Waals surface area contributed by atoms with Crippen LogP contribution in [0.15, 0.2) is 57.1 Å². The first kappa shape index (κ1) is 25.9. The summed E-state index contributed by atoms with van der Waals surface area (Å²) in [5.74, 6) is -0.942. The average molecular weight is 556 g/mol. The fourth-order valence-corrected chi connectivity index (χ4v) is 5.53. The molecule has 36 heavy (non-hydrogen) atoms. The molecule has 0 fully saturated rings. The summed E-state index contributed by atoms with van der Waals surface area (Å²) < 4.78 is 16.6. The molecule has 0 bridgehead atoms. The first-order chi connectivity index (χ1) is 17.1. The number of hydrogen-bond donors (Lipinski definition) is 1. The molecule has 1 aliphatic carbocycles. The zero-order chi connectivity index (χ0) is 26.1. The number of carbonyl (C=O) groups excluding carboxylic acids is 2. The number of halogens is 1. The predicted molar refractivity (Wildman–Crippen MR) is 140 cm³/mol. The number of ether oxygens (including phenoxy) is 3. The van der Waals surface area contributed by atoms with Crippen molar-refractivity contribution in [3.05, 3.63) is 63.3 Å². The molecule has 1 N–H and O–H groups in total. The summed E-state index contributed by atoms with van der Waals surface area (Å²) in [5, 5.41) is 10.4. The van der Waals surface area contributed by atoms with Crippen LogP contribution in [-0.4, -0.2) is 42.9 Å². The zero-order valence-electron chi connectivity index (χ0n) is 21.0. The highest BCUT2D eigenvalue weighted by molar-refractivity contribution is 9.10. The summed E-state index contributed by atoms with van der Waals surface area (Å²) in [4.78, 5) is 31.8. The number of esters is 1. The monoisotopic (exact) mass is 555 g/mol. The molecule has 8 heteroatoms. The van der Waals surface area contributed by atoms with Crippen molar-refractivity contribution in [2.75, 3.05) is 14.2 Å². The minimum absolute atomic E-state index is 0.0281. The molecule has 4 rings (SSSR count). The SMILES string of the molecule is COc1ccc([C@@H]2CC(=O)C3=C(C2)N=C(C)C(C(=O)OC(C)C)[C@@H]3c2cc(Br)c(O)c(OC)c2)cc1. The van der Waals surface area contributed by atoms with Gasteiger partial charge in [0.15, 0.2) is 17.3 Å². The lowest BCUT2D eigenvalue weighted by Crippen LogP contribution is -2.38. The Hall–Kier alpha value is -3.13. The van der Waals surface area contributed by atoms with Crippen LogP contribution < -0.4 is 9.47 Å². The minimum Gasteiger partial charge on any atom is -0.503 e. The van der Waals surface area contributed by atoms with Crippen molar-refractivity contribution in [1.82, 2.24) is 0 Å². The van der Waals surface area contributed by atoms with Crippen LogP contribution in [0.5, 0.6) is 17.2 Å². The van der Waals surface area contributed by atoms with Gasteiger partial charge in [0.1, 0.15) is 11.7 Å². The van der Waals surface area contributed by atoms with Gasteiger partial charge in [-0.05, 0) is 84.4 Å². The lowest BCUT2D eigenvalue weighted by atomic mass is 9.69. The van der Waals surface area contributed by atoms with Gasteiger partial charge in [0.25, 0.3) is 0 Å². The Balaban J connectivity index is 1.83. The number of methoxy groups -OCH3 is 2. The highest BCUT2D eigenvalue weighted by Gasteiger charge is 2.45. The summed E-state index contributed by atoms with van der Waals surface area (Å²) >= 11 is 3.38. The number of ketones is 1. The van der Waals surface area contributed by atoms with Crippen molar-refractivity contribution in [1.29, 1.82) is 0 Å². The molecule has 190 valence electrons. The Morgan fingerprint density at radius 2 is 1.78 bits per heavy atom. The normalized spacial score (nSPS) is 21.7. The smallest absolute Gasteiger partial charge is 0.315 e. The average Bonchev–Trinajstić information content (AvgIpc) is 2.84. The number of nitrogens with zero attached hydrogens (tertiary/aromatic N) is 1. The van der Waals surface area contributed by atoms with Crippen LogP contribution in [0.2, 0.25) is 0 Å². The lowest BCUT2D eigenvalue weighted by Gasteiger charge is -2.37. The number of aliphatic imine (C=N–C) groups is 1. The predicted octanol–water partition coefficient (Wildman–Crippen LogP) is 5.70. The van der Waals surface area contributed by atoms with Gasteiger partial charge < -0.3 is 19.3 Å². The van der Waals surface area contributed by atoms with Crippen molar-refractivity contribution in [2.24, 2.45) is 10.9 Å². The molecule has 3 atom stereocenters. The maximum absolute atomic E-state index is 13.7. The molecule has 7 nitrogen and oxygen atoms in total. The number of phenols is 1. The molecule has 0 aromatic heterocycles. The standard InChI is InChI=1S/C28H30BrNO6/c1-14(2)36-28(33)24-15(3)30-21-11-17(16-6-8-19(34-4)9-7-16)12-22(31)26(21)25(24)18-10-20(29)27(32)23(13-18)35-5/h6-10,13-14,17,24-25,32H,11-12H2,1-5H3/t17-,24?,25-/m0/s1. The molecular weight excluding hydrogens is 526 g/mol. The van der Waals surface area contributed by atoms with Crippen LogP contribution in [0.4, 0.5) is 0 Å². The summed E-state index contributed by atoms with van der Waals surface area (Å²) in [5.41, 5.74) is 3.51. The van der Waals surface area contributed by atoms with Gasteiger partial charge >= 0.3 is 5.97 Å². The molecular formula is C28H30BrNO6. The van der Waals surface area contributed by atoms with Crippen LogP contribution in [0.1, 0.15) is 56.6 Å². The van der Waals surface area contributed by atoms with E-state index in [1.54, 1.807) is 40.0 Å². The summed E-state index contributed by atoms with van der Waals surface area (Å²) in [6.07, 6.45) is 0.561. The molecule has 1 aliphatic heterocycles. The number of benzene rings is 2. The van der Waals surface area contributed by atoms with E-state index in [1.165, 1.54) is 7.11 Å². The lowest BCUT2D eigenvalue weighted by molar-refractivity contribution is -0.150. The number of hydrogen-bond acceptors (Lipinski definition) is 7. The van der Waals surface area contributed by atoms with Crippen LogP contribution in [0.3, 0.4) is 0 Å². The van der Waals surface area contributed by atoms with Gasteiger partial charge in [0.2, 0.25) is 0 Å². The van der Waals surface area contributed by atoms with E-state index in [0.29, 0.717) is 39.9 Å². The van der Waals surface area contributed by atoms with E-state index >= 15 is 0 Å². The second-order valence-electron chi connectivity index (χ2n) is 9.41. The van der Waals surface area contributed by atoms with Gasteiger partial charge in [0, 0.05) is 29.3 Å². The molecule has 0 saturated heterocycles. The van der Waals surface area contributed by atoms with Crippen molar-refractivity contribution in [3.63, 3.8) is 0 Å². The van der Waals surface area contributed by atoms with Crippen molar-refractivity contribution < 1.29 is 28.9 Å². The Bertz CT molecular complexity index is 1250. The van der Waals surface area contributed by atoms with Gasteiger partial charge in [-0.2, -0.15) is 0 Å². The fraction of sp³-hybridized carbons (Fsp3) is 0.393. The van der Waals surface area contributed by atoms with E-state index in [9.17, 15) is 14.7 Å². The molecule has 0 amide bonds. The number of allylic oxidation sites excluding steroid dienone is 2. The Morgan fingerprint density at radius 1 is 1.08 bits per heavy atom. The third-order valence-corrected chi connectivity index (χ3v) is 7.32. The maximum Gasteiger partial charge on any atom is 0.315 e. The second kappa shape index (κ2) is 10.5. The zero-order valence-corrected chi connectivity index (χ0v) is 22.6. The number of rotatable bonds is 6. The van der Waals surface area contributed by atoms with E-state index in [2.05, 4.69) is 15.9 Å². The van der Waals surface area contributed by atoms with E-state index in [-0.39, 0.29) is 29.3 Å². The van der Waals surface area contributed by atoms with Crippen LogP contribution in [0.25, 0.3) is 0 Å². The molecule has 1 unspecified atom stereocenters. The second-order valence-corrected chi connectivity index (χ2v) is 10.3. The molecule has 0 saturated carbocycles. The Morgan fingerprint density at radius 3 is 2.39 bits per heavy atom. The van der Waals surface area contributed by atoms with Gasteiger partial charge in [-0.15, -0.1) is 0 Å². The van der Waals surface area contributed by atoms with Crippen LogP contribution in [0, 0.1) is 5.92 Å². The largest absolute Gasteiger partial charge is 0.503 e. The topological polar surface area (TPSA) is 94.4 Å². The highest BCUT2D eigenvalue weighted by Crippen LogP contribution is 2.49. The van der Waals surface area contributed by atoms with Crippen molar-refractivity contribution in [2.45, 2.75) is 51.6 Å². The minimum atomic E-state index is -0.770. The van der Waals surface area contributed by atoms with Gasteiger partial charge in [-0.1, -0.05) is 12.1 Å². The maximum atomic E-state index is 13.7. The third-order valence-electron chi connectivity index (χ3n) is 6.71. The van der Waals surface area contributed by atoms with Gasteiger partial charge in [0.05, 0.1) is 24.8 Å². The van der Waals surface area contributed by atoms with E-state index in [0.717, 1.165) is 11.3 Å². The van der Waals surface area contributed by atoms with Gasteiger partial charge in [-0.3, -0.25) is 14.6 Å². The first-order valence-electron chi connectivity index (χ1n) is 11.9. The van der Waals surface area contributed by atoms with E-state index in [1.807, 2.05) is 24.3 Å². The summed E-state index contributed by atoms with van der Waals surface area (Å²) in [6.45, 7) is 5.38. The van der Waals surface area contributed by atoms with Gasteiger partial charge in [-0.25, -0.2) is 0 Å². The van der Waals surface area contributed by atoms with Crippen molar-refractivity contribution in [3.8, 4) is 17.2 Å². The van der Waals surface area contributed by atoms with Crippen molar-refractivity contribution >= 4 is 33.4 Å². The van der Waals surface area contributed by atoms with Crippen LogP contribution in [-0.2, 0) is 14.3 Å². The summed E-state index contributed by atoms with van der Waals surface area (Å²) in [7, 11) is 3.08. The number of carbonyl (C=O) groups is 2.